The van der Waals surface area contributed by atoms with E-state index in [1.165, 1.54) is 24.1 Å². The van der Waals surface area contributed by atoms with Crippen LogP contribution in [-0.4, -0.2) is 24.2 Å². The molecule has 1 aliphatic rings. The molecule has 4 heteroatoms. The number of nitrogens with one attached hydrogen (secondary N) is 1. The highest BCUT2D eigenvalue weighted by molar-refractivity contribution is 7.09. The van der Waals surface area contributed by atoms with Gasteiger partial charge in [-0.1, -0.05) is 0 Å². The van der Waals surface area contributed by atoms with E-state index in [0.29, 0.717) is 12.1 Å². The maximum Gasteiger partial charge on any atom is 0.0794 e. The summed E-state index contributed by atoms with van der Waals surface area (Å²) >= 11 is 1.71. The van der Waals surface area contributed by atoms with Crippen molar-refractivity contribution in [3.8, 4) is 0 Å². The number of rotatable bonds is 4. The molecule has 0 bridgehead atoms. The zero-order chi connectivity index (χ0) is 10.5. The normalized spacial score (nSPS) is 26.7. The van der Waals surface area contributed by atoms with Crippen LogP contribution < -0.4 is 5.32 Å². The Bertz CT molecular complexity index is 276. The first-order valence-corrected chi connectivity index (χ1v) is 6.40. The molecule has 0 aliphatic heterocycles. The predicted octanol–water partition coefficient (Wildman–Crippen LogP) is 2.19. The number of hydrogen-bond donors (Lipinski definition) is 1. The maximum absolute atomic E-state index is 5.41. The summed E-state index contributed by atoms with van der Waals surface area (Å²) in [5, 5.41) is 3.58. The molecule has 2 rings (SSSR count). The van der Waals surface area contributed by atoms with E-state index >= 15 is 0 Å². The van der Waals surface area contributed by atoms with E-state index < -0.39 is 0 Å². The van der Waals surface area contributed by atoms with Gasteiger partial charge in [0.1, 0.15) is 0 Å². The molecule has 0 amide bonds. The zero-order valence-corrected chi connectivity index (χ0v) is 9.93. The van der Waals surface area contributed by atoms with Gasteiger partial charge in [-0.15, -0.1) is 11.3 Å². The summed E-state index contributed by atoms with van der Waals surface area (Å²) in [7, 11) is 1.82. The van der Waals surface area contributed by atoms with Gasteiger partial charge in [-0.05, 0) is 25.7 Å². The Hall–Kier alpha value is -0.450. The molecule has 1 saturated carbocycles. The molecule has 0 aromatic carbocycles. The molecule has 0 spiro atoms. The van der Waals surface area contributed by atoms with Crippen molar-refractivity contribution < 1.29 is 4.74 Å². The fourth-order valence-corrected chi connectivity index (χ4v) is 2.66. The molecule has 0 radical (unpaired) electrons. The smallest absolute Gasteiger partial charge is 0.0794 e. The van der Waals surface area contributed by atoms with Gasteiger partial charge in [0.05, 0.1) is 11.6 Å². The van der Waals surface area contributed by atoms with Gasteiger partial charge in [0, 0.05) is 30.8 Å². The van der Waals surface area contributed by atoms with Crippen LogP contribution in [0, 0.1) is 0 Å². The van der Waals surface area contributed by atoms with Crippen molar-refractivity contribution in [1.82, 2.24) is 10.3 Å². The monoisotopic (exact) mass is 226 g/mol. The number of nitrogens with zero attached hydrogens (tertiary/aromatic N) is 1. The van der Waals surface area contributed by atoms with Gasteiger partial charge in [-0.2, -0.15) is 0 Å². The minimum Gasteiger partial charge on any atom is -0.381 e. The molecule has 3 nitrogen and oxygen atoms in total. The highest BCUT2D eigenvalue weighted by atomic mass is 32.1. The Morgan fingerprint density at radius 1 is 1.60 bits per heavy atom. The van der Waals surface area contributed by atoms with E-state index in [2.05, 4.69) is 10.3 Å². The molecule has 1 fully saturated rings. The molecular formula is C11H18N2OS. The number of hydrogen-bond acceptors (Lipinski definition) is 4. The third-order valence-electron chi connectivity index (χ3n) is 3.01. The fraction of sp³-hybridized carbons (Fsp3) is 0.727. The maximum atomic E-state index is 5.41. The lowest BCUT2D eigenvalue weighted by molar-refractivity contribution is 0.0586. The SMILES string of the molecule is COC1CCCC(NCc2cncs2)C1. The van der Waals surface area contributed by atoms with Crippen LogP contribution in [0.15, 0.2) is 11.7 Å². The van der Waals surface area contributed by atoms with Crippen LogP contribution in [0.25, 0.3) is 0 Å². The molecule has 1 aromatic rings. The van der Waals surface area contributed by atoms with Gasteiger partial charge in [0.25, 0.3) is 0 Å². The largest absolute Gasteiger partial charge is 0.381 e. The first-order chi connectivity index (χ1) is 7.38. The van der Waals surface area contributed by atoms with Crippen molar-refractivity contribution in [3.63, 3.8) is 0 Å². The number of methoxy groups -OCH3 is 1. The summed E-state index contributed by atoms with van der Waals surface area (Å²) in [6.45, 7) is 0.950. The molecule has 2 unspecified atom stereocenters. The minimum absolute atomic E-state index is 0.456. The summed E-state index contributed by atoms with van der Waals surface area (Å²) in [4.78, 5) is 5.39. The first-order valence-electron chi connectivity index (χ1n) is 5.52. The van der Waals surface area contributed by atoms with Gasteiger partial charge in [-0.3, -0.25) is 4.98 Å². The lowest BCUT2D eigenvalue weighted by Gasteiger charge is -2.28. The van der Waals surface area contributed by atoms with Crippen molar-refractivity contribution in [1.29, 1.82) is 0 Å². The van der Waals surface area contributed by atoms with Crippen LogP contribution in [0.3, 0.4) is 0 Å². The number of thiazole rings is 1. The molecule has 0 saturated heterocycles. The Kier molecular flexibility index (Phi) is 4.11. The summed E-state index contributed by atoms with van der Waals surface area (Å²) < 4.78 is 5.41. The van der Waals surface area contributed by atoms with Gasteiger partial charge >= 0.3 is 0 Å². The average Bonchev–Trinajstić information content (AvgIpc) is 2.79. The Morgan fingerprint density at radius 2 is 2.53 bits per heavy atom. The van der Waals surface area contributed by atoms with Crippen LogP contribution in [0.1, 0.15) is 30.6 Å². The standard InChI is InChI=1S/C11H18N2OS/c1-14-10-4-2-3-9(5-10)13-7-11-6-12-8-15-11/h6,8-10,13H,2-5,7H2,1H3. The first kappa shape index (κ1) is 11.0. The van der Waals surface area contributed by atoms with Crippen molar-refractivity contribution in [2.24, 2.45) is 0 Å². The van der Waals surface area contributed by atoms with Gasteiger partial charge in [0.15, 0.2) is 0 Å². The van der Waals surface area contributed by atoms with Crippen molar-refractivity contribution >= 4 is 11.3 Å². The second-order valence-electron chi connectivity index (χ2n) is 4.07. The molecule has 84 valence electrons. The number of aromatic nitrogens is 1. The molecule has 2 atom stereocenters. The highest BCUT2D eigenvalue weighted by Gasteiger charge is 2.20. The quantitative estimate of drug-likeness (QED) is 0.854. The van der Waals surface area contributed by atoms with Gasteiger partial charge in [0.2, 0.25) is 0 Å². The Morgan fingerprint density at radius 3 is 3.27 bits per heavy atom. The lowest BCUT2D eigenvalue weighted by atomic mass is 9.93. The van der Waals surface area contributed by atoms with E-state index in [4.69, 9.17) is 4.74 Å². The molecule has 1 heterocycles. The fourth-order valence-electron chi connectivity index (χ4n) is 2.12. The van der Waals surface area contributed by atoms with E-state index in [9.17, 15) is 0 Å². The molecule has 15 heavy (non-hydrogen) atoms. The second kappa shape index (κ2) is 5.58. The molecular weight excluding hydrogens is 208 g/mol. The predicted molar refractivity (Wildman–Crippen MR) is 62.0 cm³/mol. The van der Waals surface area contributed by atoms with E-state index in [-0.39, 0.29) is 0 Å². The summed E-state index contributed by atoms with van der Waals surface area (Å²) in [5.41, 5.74) is 1.88. The van der Waals surface area contributed by atoms with Crippen molar-refractivity contribution in [3.05, 3.63) is 16.6 Å². The summed E-state index contributed by atoms with van der Waals surface area (Å²) in [6, 6.07) is 0.616. The van der Waals surface area contributed by atoms with Crippen LogP contribution in [0.2, 0.25) is 0 Å². The van der Waals surface area contributed by atoms with Crippen LogP contribution in [0.5, 0.6) is 0 Å². The van der Waals surface area contributed by atoms with E-state index in [1.807, 2.05) is 18.8 Å². The molecule has 1 aliphatic carbocycles. The summed E-state index contributed by atoms with van der Waals surface area (Å²) in [6.07, 6.45) is 7.31. The van der Waals surface area contributed by atoms with Gasteiger partial charge < -0.3 is 10.1 Å². The van der Waals surface area contributed by atoms with Crippen LogP contribution >= 0.6 is 11.3 Å². The van der Waals surface area contributed by atoms with E-state index in [1.54, 1.807) is 11.3 Å². The van der Waals surface area contributed by atoms with Crippen LogP contribution in [0.4, 0.5) is 0 Å². The van der Waals surface area contributed by atoms with Crippen molar-refractivity contribution in [2.75, 3.05) is 7.11 Å². The molecule has 1 N–H and O–H groups in total. The van der Waals surface area contributed by atoms with E-state index in [0.717, 1.165) is 13.0 Å². The van der Waals surface area contributed by atoms with Gasteiger partial charge in [-0.25, -0.2) is 0 Å². The minimum atomic E-state index is 0.456. The Balaban J connectivity index is 1.74. The third-order valence-corrected chi connectivity index (χ3v) is 3.79. The topological polar surface area (TPSA) is 34.1 Å². The highest BCUT2D eigenvalue weighted by Crippen LogP contribution is 2.21. The lowest BCUT2D eigenvalue weighted by Crippen LogP contribution is -2.36. The zero-order valence-electron chi connectivity index (χ0n) is 9.11. The van der Waals surface area contributed by atoms with Crippen molar-refractivity contribution in [2.45, 2.75) is 44.4 Å². The number of ether oxygens (including phenoxy) is 1. The average molecular weight is 226 g/mol. The second-order valence-corrected chi connectivity index (χ2v) is 5.04. The summed E-state index contributed by atoms with van der Waals surface area (Å²) in [5.74, 6) is 0. The molecule has 1 aromatic heterocycles. The van der Waals surface area contributed by atoms with Crippen LogP contribution in [-0.2, 0) is 11.3 Å². The third kappa shape index (κ3) is 3.26. The Labute approximate surface area is 94.9 Å².